The summed E-state index contributed by atoms with van der Waals surface area (Å²) in [7, 11) is 1.70. The van der Waals surface area contributed by atoms with Crippen LogP contribution in [-0.4, -0.2) is 41.0 Å². The number of amides is 1. The van der Waals surface area contributed by atoms with Crippen molar-refractivity contribution in [2.24, 2.45) is 5.92 Å². The van der Waals surface area contributed by atoms with E-state index in [1.54, 1.807) is 19.5 Å². The van der Waals surface area contributed by atoms with Crippen molar-refractivity contribution in [2.45, 2.75) is 25.7 Å². The van der Waals surface area contributed by atoms with Crippen molar-refractivity contribution in [1.82, 2.24) is 14.9 Å². The largest absolute Gasteiger partial charge is 0.497 e. The van der Waals surface area contributed by atoms with Crippen LogP contribution in [-0.2, 0) is 6.42 Å². The number of hydrogen-bond donors (Lipinski definition) is 0. The number of nitrogens with zero attached hydrogens (tertiary/aromatic N) is 3. The minimum atomic E-state index is 0.0668. The van der Waals surface area contributed by atoms with Gasteiger partial charge in [0.25, 0.3) is 5.91 Å². The first-order valence-electron chi connectivity index (χ1n) is 9.86. The number of rotatable bonds is 5. The standard InChI is InChI=1S/C23H25N3O2/c1-28-19-7-2-5-17(15-19)10-11-18-6-4-14-26(16-18)23(27)20-8-3-9-21-22(20)25-13-12-24-21/h2-3,5,7-9,12-13,15,18H,4,6,10-11,14,16H2,1H3/t18-/m1/s1. The molecule has 1 saturated heterocycles. The van der Waals surface area contributed by atoms with Crippen LogP contribution in [0.25, 0.3) is 11.0 Å². The number of benzene rings is 2. The molecule has 0 bridgehead atoms. The summed E-state index contributed by atoms with van der Waals surface area (Å²) in [5, 5.41) is 0. The summed E-state index contributed by atoms with van der Waals surface area (Å²) in [5.74, 6) is 1.48. The van der Waals surface area contributed by atoms with Crippen LogP contribution in [0.3, 0.4) is 0 Å². The fourth-order valence-corrected chi connectivity index (χ4v) is 4.02. The normalized spacial score (nSPS) is 16.9. The Labute approximate surface area is 165 Å². The summed E-state index contributed by atoms with van der Waals surface area (Å²) in [6.07, 6.45) is 7.60. The minimum absolute atomic E-state index is 0.0668. The predicted octanol–water partition coefficient (Wildman–Crippen LogP) is 4.12. The summed E-state index contributed by atoms with van der Waals surface area (Å²) in [6.45, 7) is 1.62. The maximum absolute atomic E-state index is 13.2. The van der Waals surface area contributed by atoms with Crippen LogP contribution in [0, 0.1) is 5.92 Å². The van der Waals surface area contributed by atoms with E-state index in [9.17, 15) is 4.79 Å². The number of hydrogen-bond acceptors (Lipinski definition) is 4. The van der Waals surface area contributed by atoms with Crippen LogP contribution in [0.5, 0.6) is 5.75 Å². The molecular formula is C23H25N3O2. The molecule has 3 aromatic rings. The molecule has 144 valence electrons. The quantitative estimate of drug-likeness (QED) is 0.673. The first-order chi connectivity index (χ1) is 13.7. The second-order valence-electron chi connectivity index (χ2n) is 7.38. The Balaban J connectivity index is 1.43. The van der Waals surface area contributed by atoms with E-state index in [1.165, 1.54) is 12.0 Å². The molecule has 2 heterocycles. The third-order valence-corrected chi connectivity index (χ3v) is 5.51. The zero-order valence-electron chi connectivity index (χ0n) is 16.2. The van der Waals surface area contributed by atoms with E-state index in [2.05, 4.69) is 22.1 Å². The summed E-state index contributed by atoms with van der Waals surface area (Å²) in [4.78, 5) is 23.9. The maximum atomic E-state index is 13.2. The topological polar surface area (TPSA) is 55.3 Å². The lowest BCUT2D eigenvalue weighted by atomic mass is 9.91. The lowest BCUT2D eigenvalue weighted by Gasteiger charge is -2.33. The van der Waals surface area contributed by atoms with E-state index < -0.39 is 0 Å². The van der Waals surface area contributed by atoms with Gasteiger partial charge in [-0.2, -0.15) is 0 Å². The number of fused-ring (bicyclic) bond motifs is 1. The van der Waals surface area contributed by atoms with Crippen LogP contribution >= 0.6 is 0 Å². The molecule has 5 heteroatoms. The van der Waals surface area contributed by atoms with E-state index in [4.69, 9.17) is 4.74 Å². The highest BCUT2D eigenvalue weighted by Gasteiger charge is 2.25. The molecule has 4 rings (SSSR count). The number of ether oxygens (including phenoxy) is 1. The minimum Gasteiger partial charge on any atom is -0.497 e. The van der Waals surface area contributed by atoms with Gasteiger partial charge in [-0.1, -0.05) is 18.2 Å². The zero-order valence-corrected chi connectivity index (χ0v) is 16.2. The monoisotopic (exact) mass is 375 g/mol. The molecule has 0 spiro atoms. The molecule has 1 aliphatic rings. The molecule has 2 aromatic carbocycles. The van der Waals surface area contributed by atoms with Gasteiger partial charge >= 0.3 is 0 Å². The molecule has 1 amide bonds. The van der Waals surface area contributed by atoms with Gasteiger partial charge in [0.1, 0.15) is 11.3 Å². The first kappa shape index (κ1) is 18.4. The van der Waals surface area contributed by atoms with Crippen molar-refractivity contribution in [3.8, 4) is 5.75 Å². The van der Waals surface area contributed by atoms with E-state index in [-0.39, 0.29) is 5.91 Å². The van der Waals surface area contributed by atoms with Gasteiger partial charge in [0, 0.05) is 25.5 Å². The van der Waals surface area contributed by atoms with Crippen molar-refractivity contribution in [3.63, 3.8) is 0 Å². The van der Waals surface area contributed by atoms with Gasteiger partial charge in [-0.15, -0.1) is 0 Å². The van der Waals surface area contributed by atoms with Crippen LogP contribution < -0.4 is 4.74 Å². The van der Waals surface area contributed by atoms with Gasteiger partial charge in [0.2, 0.25) is 0 Å². The van der Waals surface area contributed by atoms with E-state index >= 15 is 0 Å². The summed E-state index contributed by atoms with van der Waals surface area (Å²) < 4.78 is 5.32. The molecule has 1 aromatic heterocycles. The van der Waals surface area contributed by atoms with E-state index in [1.807, 2.05) is 35.2 Å². The summed E-state index contributed by atoms with van der Waals surface area (Å²) >= 11 is 0. The van der Waals surface area contributed by atoms with Crippen LogP contribution in [0.4, 0.5) is 0 Å². The second-order valence-corrected chi connectivity index (χ2v) is 7.38. The Hall–Kier alpha value is -2.95. The van der Waals surface area contributed by atoms with Gasteiger partial charge in [-0.3, -0.25) is 14.8 Å². The average molecular weight is 375 g/mol. The fraction of sp³-hybridized carbons (Fsp3) is 0.348. The smallest absolute Gasteiger partial charge is 0.256 e. The van der Waals surface area contributed by atoms with Crippen LogP contribution in [0.1, 0.15) is 35.2 Å². The average Bonchev–Trinajstić information content (AvgIpc) is 2.77. The van der Waals surface area contributed by atoms with Crippen molar-refractivity contribution in [2.75, 3.05) is 20.2 Å². The highest BCUT2D eigenvalue weighted by atomic mass is 16.5. The van der Waals surface area contributed by atoms with Crippen molar-refractivity contribution < 1.29 is 9.53 Å². The number of para-hydroxylation sites is 1. The number of likely N-dealkylation sites (tertiary alicyclic amines) is 1. The molecular weight excluding hydrogens is 350 g/mol. The summed E-state index contributed by atoms with van der Waals surface area (Å²) in [5.41, 5.74) is 3.39. The lowest BCUT2D eigenvalue weighted by molar-refractivity contribution is 0.0670. The Bertz CT molecular complexity index is 967. The molecule has 0 radical (unpaired) electrons. The fourth-order valence-electron chi connectivity index (χ4n) is 4.02. The van der Waals surface area contributed by atoms with Gasteiger partial charge in [-0.05, 0) is 61.4 Å². The second kappa shape index (κ2) is 8.38. The van der Waals surface area contributed by atoms with Crippen LogP contribution in [0.15, 0.2) is 54.9 Å². The predicted molar refractivity (Wildman–Crippen MR) is 109 cm³/mol. The molecule has 28 heavy (non-hydrogen) atoms. The van der Waals surface area contributed by atoms with Gasteiger partial charge in [0.05, 0.1) is 18.2 Å². The Morgan fingerprint density at radius 2 is 2.04 bits per heavy atom. The maximum Gasteiger partial charge on any atom is 0.256 e. The highest BCUT2D eigenvalue weighted by molar-refractivity contribution is 6.04. The van der Waals surface area contributed by atoms with Crippen molar-refractivity contribution >= 4 is 16.9 Å². The van der Waals surface area contributed by atoms with Gasteiger partial charge in [0.15, 0.2) is 0 Å². The Kier molecular flexibility index (Phi) is 5.51. The SMILES string of the molecule is COc1cccc(CC[C@H]2CCCN(C(=O)c3cccc4nccnc34)C2)c1. The number of carbonyl (C=O) groups excluding carboxylic acids is 1. The molecule has 0 unspecified atom stereocenters. The van der Waals surface area contributed by atoms with Crippen molar-refractivity contribution in [1.29, 1.82) is 0 Å². The van der Waals surface area contributed by atoms with E-state index in [0.29, 0.717) is 17.0 Å². The van der Waals surface area contributed by atoms with Gasteiger partial charge in [-0.25, -0.2) is 0 Å². The van der Waals surface area contributed by atoms with Crippen LogP contribution in [0.2, 0.25) is 0 Å². The third kappa shape index (κ3) is 3.98. The highest BCUT2D eigenvalue weighted by Crippen LogP contribution is 2.25. The number of carbonyl (C=O) groups is 1. The lowest BCUT2D eigenvalue weighted by Crippen LogP contribution is -2.40. The molecule has 0 N–H and O–H groups in total. The zero-order chi connectivity index (χ0) is 19.3. The molecule has 5 nitrogen and oxygen atoms in total. The summed E-state index contributed by atoms with van der Waals surface area (Å²) in [6, 6.07) is 13.9. The number of piperidine rings is 1. The molecule has 1 aliphatic heterocycles. The Morgan fingerprint density at radius 1 is 1.18 bits per heavy atom. The Morgan fingerprint density at radius 3 is 2.93 bits per heavy atom. The van der Waals surface area contributed by atoms with E-state index in [0.717, 1.165) is 43.6 Å². The first-order valence-corrected chi connectivity index (χ1v) is 9.86. The third-order valence-electron chi connectivity index (χ3n) is 5.51. The van der Waals surface area contributed by atoms with Crippen molar-refractivity contribution in [3.05, 3.63) is 66.0 Å². The molecule has 1 fully saturated rings. The molecule has 1 atom stereocenters. The number of aryl methyl sites for hydroxylation is 1. The number of aromatic nitrogens is 2. The van der Waals surface area contributed by atoms with Gasteiger partial charge < -0.3 is 9.64 Å². The molecule has 0 aliphatic carbocycles. The molecule has 0 saturated carbocycles. The number of methoxy groups -OCH3 is 1.